The number of hydrogen-bond donors (Lipinski definition) is 2. The average Bonchev–Trinajstić information content (AvgIpc) is 2.92. The summed E-state index contributed by atoms with van der Waals surface area (Å²) < 4.78 is 21.9. The number of fused-ring (bicyclic) bond motifs is 3. The number of nitrogens with zero attached hydrogens (tertiary/aromatic N) is 1. The van der Waals surface area contributed by atoms with Crippen molar-refractivity contribution in [2.75, 3.05) is 34.0 Å². The number of esters is 1. The summed E-state index contributed by atoms with van der Waals surface area (Å²) in [7, 11) is 2.80. The summed E-state index contributed by atoms with van der Waals surface area (Å²) in [6.45, 7) is 9.20. The molecular formula is C24H32N2O7. The normalized spacial score (nSPS) is 15.2. The molecule has 0 saturated carbocycles. The minimum atomic E-state index is -0.906. The van der Waals surface area contributed by atoms with Crippen molar-refractivity contribution >= 4 is 5.97 Å². The molecule has 9 heteroatoms. The Kier molecular flexibility index (Phi) is 7.31. The van der Waals surface area contributed by atoms with Crippen LogP contribution in [0.3, 0.4) is 0 Å². The third kappa shape index (κ3) is 4.83. The summed E-state index contributed by atoms with van der Waals surface area (Å²) in [5.41, 5.74) is 0.269. The molecule has 0 fully saturated rings. The molecule has 33 heavy (non-hydrogen) atoms. The van der Waals surface area contributed by atoms with E-state index >= 15 is 0 Å². The van der Waals surface area contributed by atoms with Crippen LogP contribution in [-0.4, -0.2) is 55.1 Å². The first-order chi connectivity index (χ1) is 15.6. The molecule has 180 valence electrons. The number of carbonyl (C=O) groups excluding carboxylic acids is 1. The van der Waals surface area contributed by atoms with E-state index in [1.165, 1.54) is 0 Å². The monoisotopic (exact) mass is 460 g/mol. The quantitative estimate of drug-likeness (QED) is 0.476. The van der Waals surface area contributed by atoms with E-state index in [0.29, 0.717) is 53.8 Å². The van der Waals surface area contributed by atoms with Gasteiger partial charge in [-0.2, -0.15) is 0 Å². The highest BCUT2D eigenvalue weighted by atomic mass is 16.5. The predicted molar refractivity (Wildman–Crippen MR) is 122 cm³/mol. The van der Waals surface area contributed by atoms with Crippen LogP contribution in [0, 0.1) is 5.41 Å². The molecule has 0 saturated heterocycles. The van der Waals surface area contributed by atoms with Gasteiger partial charge in [-0.25, -0.2) is 9.78 Å². The number of ether oxygens (including phenoxy) is 4. The minimum Gasteiger partial charge on any atom is -0.506 e. The number of H-pyrrole nitrogens is 1. The third-order valence-corrected chi connectivity index (χ3v) is 5.76. The minimum absolute atomic E-state index is 0.208. The highest BCUT2D eigenvalue weighted by Gasteiger charge is 2.38. The van der Waals surface area contributed by atoms with Gasteiger partial charge in [0.2, 0.25) is 0 Å². The molecule has 3 rings (SSSR count). The molecule has 1 atom stereocenters. The lowest BCUT2D eigenvalue weighted by Gasteiger charge is -2.31. The number of carbonyl (C=O) groups is 1. The Morgan fingerprint density at radius 3 is 2.64 bits per heavy atom. The van der Waals surface area contributed by atoms with Crippen LogP contribution in [0.15, 0.2) is 10.9 Å². The molecule has 2 aromatic heterocycles. The van der Waals surface area contributed by atoms with Crippen LogP contribution in [0.25, 0.3) is 11.4 Å². The van der Waals surface area contributed by atoms with E-state index in [2.05, 4.69) is 4.98 Å². The standard InChI is InChI=1S/C24H32N2O7/c1-7-14-15(32-10-8-9-30-5)11-16-19(25-14)20-17(13(12-33-16)24(2,3)4)21(27)18(22(28)26-20)23(29)31-6/h11,13H,7-10,12H2,1-6H3,(H2,26,27,28). The molecule has 0 radical (unpaired) electrons. The lowest BCUT2D eigenvalue weighted by Crippen LogP contribution is -2.27. The highest BCUT2D eigenvalue weighted by molar-refractivity contribution is 5.93. The first-order valence-electron chi connectivity index (χ1n) is 11.0. The molecule has 0 amide bonds. The summed E-state index contributed by atoms with van der Waals surface area (Å²) in [6.07, 6.45) is 1.31. The maximum atomic E-state index is 12.8. The zero-order chi connectivity index (χ0) is 24.3. The van der Waals surface area contributed by atoms with Gasteiger partial charge in [-0.15, -0.1) is 0 Å². The fourth-order valence-corrected chi connectivity index (χ4v) is 3.93. The lowest BCUT2D eigenvalue weighted by atomic mass is 9.75. The van der Waals surface area contributed by atoms with Crippen LogP contribution in [-0.2, 0) is 15.9 Å². The smallest absolute Gasteiger partial charge is 0.347 e. The molecule has 3 heterocycles. The van der Waals surface area contributed by atoms with Gasteiger partial charge in [-0.1, -0.05) is 27.7 Å². The van der Waals surface area contributed by atoms with E-state index in [0.717, 1.165) is 13.5 Å². The Hall–Kier alpha value is -3.07. The van der Waals surface area contributed by atoms with Gasteiger partial charge in [0.1, 0.15) is 17.2 Å². The Labute approximate surface area is 193 Å². The fourth-order valence-electron chi connectivity index (χ4n) is 3.93. The van der Waals surface area contributed by atoms with E-state index in [9.17, 15) is 14.7 Å². The van der Waals surface area contributed by atoms with Crippen LogP contribution < -0.4 is 15.0 Å². The molecule has 0 bridgehead atoms. The Bertz CT molecular complexity index is 1090. The molecule has 0 aromatic carbocycles. The van der Waals surface area contributed by atoms with Crippen molar-refractivity contribution in [3.63, 3.8) is 0 Å². The number of aryl methyl sites for hydroxylation is 1. The molecule has 1 unspecified atom stereocenters. The van der Waals surface area contributed by atoms with Crippen molar-refractivity contribution < 1.29 is 28.8 Å². The first kappa shape index (κ1) is 24.6. The number of rotatable bonds is 7. The van der Waals surface area contributed by atoms with Crippen LogP contribution in [0.1, 0.15) is 61.6 Å². The number of aromatic nitrogens is 2. The van der Waals surface area contributed by atoms with Crippen molar-refractivity contribution in [1.82, 2.24) is 9.97 Å². The second-order valence-corrected chi connectivity index (χ2v) is 9.02. The van der Waals surface area contributed by atoms with Crippen molar-refractivity contribution in [1.29, 1.82) is 0 Å². The van der Waals surface area contributed by atoms with Crippen LogP contribution in [0.2, 0.25) is 0 Å². The molecular weight excluding hydrogens is 428 g/mol. The number of methoxy groups -OCH3 is 2. The van der Waals surface area contributed by atoms with Gasteiger partial charge >= 0.3 is 5.97 Å². The molecule has 0 aliphatic carbocycles. The fraction of sp³-hybridized carbons (Fsp3) is 0.542. The van der Waals surface area contributed by atoms with E-state index < -0.39 is 22.8 Å². The molecule has 2 N–H and O–H groups in total. The van der Waals surface area contributed by atoms with Crippen LogP contribution in [0.5, 0.6) is 17.2 Å². The van der Waals surface area contributed by atoms with Crippen molar-refractivity contribution in [3.05, 3.63) is 33.2 Å². The second kappa shape index (κ2) is 9.82. The lowest BCUT2D eigenvalue weighted by molar-refractivity contribution is 0.0594. The SMILES string of the molecule is CCc1nc2c(cc1OCCCOC)OCC(C(C)(C)C)c1c-2[nH]c(=O)c(C(=O)OC)c1O. The number of aromatic amines is 1. The number of hydrogen-bond acceptors (Lipinski definition) is 8. The van der Waals surface area contributed by atoms with Gasteiger partial charge in [0, 0.05) is 37.7 Å². The average molecular weight is 461 g/mol. The summed E-state index contributed by atoms with van der Waals surface area (Å²) in [5, 5.41) is 11.1. The van der Waals surface area contributed by atoms with Gasteiger partial charge < -0.3 is 29.0 Å². The summed E-state index contributed by atoms with van der Waals surface area (Å²) in [6, 6.07) is 1.77. The Balaban J connectivity index is 2.23. The van der Waals surface area contributed by atoms with Gasteiger partial charge in [0.15, 0.2) is 11.3 Å². The summed E-state index contributed by atoms with van der Waals surface area (Å²) in [4.78, 5) is 32.6. The molecule has 2 aromatic rings. The highest BCUT2D eigenvalue weighted by Crippen LogP contribution is 2.48. The second-order valence-electron chi connectivity index (χ2n) is 9.02. The topological polar surface area (TPSA) is 120 Å². The molecule has 1 aliphatic heterocycles. The van der Waals surface area contributed by atoms with Gasteiger partial charge in [0.25, 0.3) is 5.56 Å². The summed E-state index contributed by atoms with van der Waals surface area (Å²) in [5.74, 6) is -0.630. The van der Waals surface area contributed by atoms with Crippen molar-refractivity contribution in [3.8, 4) is 28.6 Å². The predicted octanol–water partition coefficient (Wildman–Crippen LogP) is 3.43. The van der Waals surface area contributed by atoms with E-state index in [-0.39, 0.29) is 17.9 Å². The van der Waals surface area contributed by atoms with Gasteiger partial charge in [-0.3, -0.25) is 4.79 Å². The zero-order valence-corrected chi connectivity index (χ0v) is 20.0. The van der Waals surface area contributed by atoms with Crippen LogP contribution in [0.4, 0.5) is 0 Å². The molecule has 1 aliphatic rings. The zero-order valence-electron chi connectivity index (χ0n) is 20.0. The van der Waals surface area contributed by atoms with Crippen molar-refractivity contribution in [2.45, 2.75) is 46.5 Å². The number of pyridine rings is 2. The van der Waals surface area contributed by atoms with E-state index in [1.54, 1.807) is 13.2 Å². The molecule has 9 nitrogen and oxygen atoms in total. The van der Waals surface area contributed by atoms with Gasteiger partial charge in [-0.05, 0) is 11.8 Å². The Morgan fingerprint density at radius 2 is 2.03 bits per heavy atom. The summed E-state index contributed by atoms with van der Waals surface area (Å²) >= 11 is 0. The number of aromatic hydroxyl groups is 1. The maximum Gasteiger partial charge on any atom is 0.347 e. The first-order valence-corrected chi connectivity index (χ1v) is 11.0. The van der Waals surface area contributed by atoms with E-state index in [1.807, 2.05) is 27.7 Å². The largest absolute Gasteiger partial charge is 0.506 e. The van der Waals surface area contributed by atoms with Crippen LogP contribution >= 0.6 is 0 Å². The third-order valence-electron chi connectivity index (χ3n) is 5.76. The maximum absolute atomic E-state index is 12.8. The van der Waals surface area contributed by atoms with E-state index in [4.69, 9.17) is 23.9 Å². The van der Waals surface area contributed by atoms with Gasteiger partial charge in [0.05, 0.1) is 31.7 Å². The number of nitrogens with one attached hydrogen (secondary N) is 1. The van der Waals surface area contributed by atoms with Crippen molar-refractivity contribution in [2.24, 2.45) is 5.41 Å². The molecule has 0 spiro atoms. The Morgan fingerprint density at radius 1 is 1.30 bits per heavy atom.